The predicted molar refractivity (Wildman–Crippen MR) is 142 cm³/mol. The molecule has 0 spiro atoms. The van der Waals surface area contributed by atoms with Crippen LogP contribution < -0.4 is 4.74 Å². The van der Waals surface area contributed by atoms with Gasteiger partial charge in [0.05, 0.1) is 30.4 Å². The van der Waals surface area contributed by atoms with Gasteiger partial charge in [-0.05, 0) is 66.6 Å². The number of aryl methyl sites for hydroxylation is 1. The Morgan fingerprint density at radius 3 is 2.25 bits per heavy atom. The lowest BCUT2D eigenvalue weighted by Gasteiger charge is -2.09. The van der Waals surface area contributed by atoms with Crippen LogP contribution in [0.25, 0.3) is 32.9 Å². The van der Waals surface area contributed by atoms with Gasteiger partial charge in [-0.2, -0.15) is 5.26 Å². The standard InChI is InChI=1S/C31H26N2O3/c1-2-33-29-7-4-3-6-27(29)28-20-25(14-17-30(28)33)31(34)36-19-5-18-35-26-15-12-24(13-16-26)23-10-8-22(21-32)9-11-23/h3-4,6-17,20H,2,5,18-19H2,1H3. The van der Waals surface area contributed by atoms with Gasteiger partial charge in [0.2, 0.25) is 0 Å². The fraction of sp³-hybridized carbons (Fsp3) is 0.161. The number of fused-ring (bicyclic) bond motifs is 3. The molecule has 0 aliphatic rings. The monoisotopic (exact) mass is 474 g/mol. The summed E-state index contributed by atoms with van der Waals surface area (Å²) >= 11 is 0. The average molecular weight is 475 g/mol. The van der Waals surface area contributed by atoms with Crippen LogP contribution >= 0.6 is 0 Å². The molecule has 1 aromatic heterocycles. The zero-order chi connectivity index (χ0) is 24.9. The van der Waals surface area contributed by atoms with E-state index >= 15 is 0 Å². The minimum absolute atomic E-state index is 0.289. The Kier molecular flexibility index (Phi) is 6.68. The maximum absolute atomic E-state index is 12.7. The Labute approximate surface area is 210 Å². The molecule has 0 amide bonds. The number of carbonyl (C=O) groups excluding carboxylic acids is 1. The molecule has 36 heavy (non-hydrogen) atoms. The molecule has 5 rings (SSSR count). The first-order valence-electron chi connectivity index (χ1n) is 12.1. The third kappa shape index (κ3) is 4.67. The van der Waals surface area contributed by atoms with E-state index in [-0.39, 0.29) is 12.6 Å². The molecule has 0 fully saturated rings. The van der Waals surface area contributed by atoms with Crippen LogP contribution in [0.15, 0.2) is 91.0 Å². The lowest BCUT2D eigenvalue weighted by molar-refractivity contribution is 0.0486. The summed E-state index contributed by atoms with van der Waals surface area (Å²) in [6.07, 6.45) is 0.598. The fourth-order valence-corrected chi connectivity index (χ4v) is 4.50. The van der Waals surface area contributed by atoms with Gasteiger partial charge in [-0.25, -0.2) is 4.79 Å². The number of ether oxygens (including phenoxy) is 2. The SMILES string of the molecule is CCn1c2ccccc2c2cc(C(=O)OCCCOc3ccc(-c4ccc(C#N)cc4)cc3)ccc21. The van der Waals surface area contributed by atoms with Crippen molar-refractivity contribution >= 4 is 27.8 Å². The average Bonchev–Trinajstić information content (AvgIpc) is 3.26. The van der Waals surface area contributed by atoms with E-state index in [0.29, 0.717) is 24.2 Å². The zero-order valence-electron chi connectivity index (χ0n) is 20.1. The van der Waals surface area contributed by atoms with Crippen molar-refractivity contribution < 1.29 is 14.3 Å². The molecular formula is C31H26N2O3. The molecule has 0 atom stereocenters. The van der Waals surface area contributed by atoms with Crippen LogP contribution in [0.1, 0.15) is 29.3 Å². The molecule has 0 saturated heterocycles. The molecule has 0 saturated carbocycles. The number of carbonyl (C=O) groups is 1. The summed E-state index contributed by atoms with van der Waals surface area (Å²) in [4.78, 5) is 12.7. The fourth-order valence-electron chi connectivity index (χ4n) is 4.50. The Bertz CT molecular complexity index is 1560. The Morgan fingerprint density at radius 2 is 1.53 bits per heavy atom. The van der Waals surface area contributed by atoms with E-state index < -0.39 is 0 Å². The number of rotatable bonds is 8. The third-order valence-electron chi connectivity index (χ3n) is 6.32. The van der Waals surface area contributed by atoms with Crippen molar-refractivity contribution in [1.29, 1.82) is 5.26 Å². The van der Waals surface area contributed by atoms with Gasteiger partial charge in [-0.3, -0.25) is 0 Å². The van der Waals surface area contributed by atoms with Crippen molar-refractivity contribution in [2.75, 3.05) is 13.2 Å². The summed E-state index contributed by atoms with van der Waals surface area (Å²) in [7, 11) is 0. The van der Waals surface area contributed by atoms with Gasteiger partial charge in [0, 0.05) is 34.8 Å². The second-order valence-corrected chi connectivity index (χ2v) is 8.54. The second-order valence-electron chi connectivity index (χ2n) is 8.54. The summed E-state index contributed by atoms with van der Waals surface area (Å²) in [5.41, 5.74) is 5.59. The molecule has 0 unspecified atom stereocenters. The number of para-hydroxylation sites is 1. The first-order chi connectivity index (χ1) is 17.7. The maximum atomic E-state index is 12.7. The summed E-state index contributed by atoms with van der Waals surface area (Å²) < 4.78 is 13.6. The number of hydrogen-bond donors (Lipinski definition) is 0. The minimum atomic E-state index is -0.322. The Balaban J connectivity index is 1.14. The third-order valence-corrected chi connectivity index (χ3v) is 6.32. The number of benzene rings is 4. The van der Waals surface area contributed by atoms with Crippen LogP contribution in [0.4, 0.5) is 0 Å². The molecule has 5 heteroatoms. The van der Waals surface area contributed by atoms with Crippen LogP contribution in [0.5, 0.6) is 5.75 Å². The highest BCUT2D eigenvalue weighted by atomic mass is 16.5. The smallest absolute Gasteiger partial charge is 0.338 e. The van der Waals surface area contributed by atoms with Crippen molar-refractivity contribution in [1.82, 2.24) is 4.57 Å². The summed E-state index contributed by atoms with van der Waals surface area (Å²) in [5, 5.41) is 11.1. The van der Waals surface area contributed by atoms with Crippen LogP contribution in [0.2, 0.25) is 0 Å². The van der Waals surface area contributed by atoms with Crippen molar-refractivity contribution in [3.05, 3.63) is 102 Å². The van der Waals surface area contributed by atoms with Crippen molar-refractivity contribution in [3.8, 4) is 22.9 Å². The lowest BCUT2D eigenvalue weighted by Crippen LogP contribution is -2.09. The Hall–Kier alpha value is -4.56. The topological polar surface area (TPSA) is 64.2 Å². The van der Waals surface area contributed by atoms with Gasteiger partial charge in [0.15, 0.2) is 0 Å². The van der Waals surface area contributed by atoms with Gasteiger partial charge in [0.1, 0.15) is 5.75 Å². The molecular weight excluding hydrogens is 448 g/mol. The van der Waals surface area contributed by atoms with E-state index in [2.05, 4.69) is 29.7 Å². The summed E-state index contributed by atoms with van der Waals surface area (Å²) in [5.74, 6) is 0.438. The first-order valence-corrected chi connectivity index (χ1v) is 12.1. The first kappa shape index (κ1) is 23.2. The van der Waals surface area contributed by atoms with Gasteiger partial charge >= 0.3 is 5.97 Å². The number of hydrogen-bond acceptors (Lipinski definition) is 4. The van der Waals surface area contributed by atoms with Crippen molar-refractivity contribution in [2.24, 2.45) is 0 Å². The number of nitrogens with zero attached hydrogens (tertiary/aromatic N) is 2. The largest absolute Gasteiger partial charge is 0.493 e. The molecule has 1 heterocycles. The van der Waals surface area contributed by atoms with E-state index in [1.807, 2.05) is 78.9 Å². The molecule has 5 aromatic rings. The normalized spacial score (nSPS) is 10.9. The number of esters is 1. The van der Waals surface area contributed by atoms with E-state index in [4.69, 9.17) is 14.7 Å². The van der Waals surface area contributed by atoms with Crippen LogP contribution in [-0.2, 0) is 11.3 Å². The van der Waals surface area contributed by atoms with E-state index in [9.17, 15) is 4.79 Å². The molecule has 0 aliphatic carbocycles. The zero-order valence-corrected chi connectivity index (χ0v) is 20.1. The van der Waals surface area contributed by atoms with Crippen LogP contribution in [-0.4, -0.2) is 23.8 Å². The second kappa shape index (κ2) is 10.4. The van der Waals surface area contributed by atoms with Gasteiger partial charge in [0.25, 0.3) is 0 Å². The minimum Gasteiger partial charge on any atom is -0.493 e. The van der Waals surface area contributed by atoms with Crippen molar-refractivity contribution in [2.45, 2.75) is 19.9 Å². The summed E-state index contributed by atoms with van der Waals surface area (Å²) in [6, 6.07) is 31.4. The molecule has 0 radical (unpaired) electrons. The van der Waals surface area contributed by atoms with E-state index in [1.165, 1.54) is 5.52 Å². The quantitative estimate of drug-likeness (QED) is 0.180. The Morgan fingerprint density at radius 1 is 0.833 bits per heavy atom. The molecule has 0 aliphatic heterocycles. The molecule has 178 valence electrons. The predicted octanol–water partition coefficient (Wildman–Crippen LogP) is 6.98. The number of nitriles is 1. The van der Waals surface area contributed by atoms with E-state index in [1.54, 1.807) is 0 Å². The van der Waals surface area contributed by atoms with Gasteiger partial charge in [-0.1, -0.05) is 42.5 Å². The van der Waals surface area contributed by atoms with Crippen molar-refractivity contribution in [3.63, 3.8) is 0 Å². The maximum Gasteiger partial charge on any atom is 0.338 e. The van der Waals surface area contributed by atoms with Gasteiger partial charge in [-0.15, -0.1) is 0 Å². The van der Waals surface area contributed by atoms with Gasteiger partial charge < -0.3 is 14.0 Å². The molecule has 5 nitrogen and oxygen atoms in total. The summed E-state index contributed by atoms with van der Waals surface area (Å²) in [6.45, 7) is 3.73. The highest BCUT2D eigenvalue weighted by Crippen LogP contribution is 2.30. The molecule has 4 aromatic carbocycles. The molecule has 0 N–H and O–H groups in total. The number of aromatic nitrogens is 1. The highest BCUT2D eigenvalue weighted by Gasteiger charge is 2.13. The lowest BCUT2D eigenvalue weighted by atomic mass is 10.0. The van der Waals surface area contributed by atoms with Crippen LogP contribution in [0, 0.1) is 11.3 Å². The highest BCUT2D eigenvalue weighted by molar-refractivity contribution is 6.10. The van der Waals surface area contributed by atoms with E-state index in [0.717, 1.165) is 39.7 Å². The molecule has 0 bridgehead atoms. The van der Waals surface area contributed by atoms with Crippen LogP contribution in [0.3, 0.4) is 0 Å².